The maximum atomic E-state index is 12.0. The summed E-state index contributed by atoms with van der Waals surface area (Å²) in [5, 5.41) is 4.23. The molecule has 1 N–H and O–H groups in total. The Morgan fingerprint density at radius 1 is 1.26 bits per heavy atom. The molecule has 0 atom stereocenters. The number of hydrogen-bond donors (Lipinski definition) is 1. The predicted octanol–water partition coefficient (Wildman–Crippen LogP) is 3.98. The molecule has 5 nitrogen and oxygen atoms in total. The number of aromatic nitrogens is 2. The van der Waals surface area contributed by atoms with E-state index in [1.54, 1.807) is 35.6 Å². The number of anilines is 1. The highest BCUT2D eigenvalue weighted by Gasteiger charge is 2.14. The lowest BCUT2D eigenvalue weighted by atomic mass is 10.2. The normalized spacial score (nSPS) is 10.7. The Labute approximate surface area is 142 Å². The molecule has 0 spiro atoms. The highest BCUT2D eigenvalue weighted by Crippen LogP contribution is 2.33. The van der Waals surface area contributed by atoms with Gasteiger partial charge in [-0.05, 0) is 43.7 Å². The van der Waals surface area contributed by atoms with E-state index in [4.69, 9.17) is 16.3 Å². The number of nitrogens with one attached hydrogen (secondary N) is 1. The minimum atomic E-state index is -0.260. The molecule has 0 saturated carbocycles. The van der Waals surface area contributed by atoms with Crippen LogP contribution in [0.5, 0.6) is 5.88 Å². The van der Waals surface area contributed by atoms with Crippen LogP contribution in [0.15, 0.2) is 30.6 Å². The van der Waals surface area contributed by atoms with E-state index in [2.05, 4.69) is 15.3 Å². The van der Waals surface area contributed by atoms with E-state index in [0.29, 0.717) is 16.6 Å². The molecule has 2 aromatic heterocycles. The quantitative estimate of drug-likeness (QED) is 0.775. The summed E-state index contributed by atoms with van der Waals surface area (Å²) >= 11 is 7.40. The van der Waals surface area contributed by atoms with Gasteiger partial charge in [-0.2, -0.15) is 0 Å². The van der Waals surface area contributed by atoms with Gasteiger partial charge in [0, 0.05) is 15.6 Å². The van der Waals surface area contributed by atoms with Crippen molar-refractivity contribution >= 4 is 44.7 Å². The van der Waals surface area contributed by atoms with Crippen molar-refractivity contribution in [2.24, 2.45) is 0 Å². The van der Waals surface area contributed by atoms with E-state index in [-0.39, 0.29) is 12.5 Å². The number of ether oxygens (including phenoxy) is 1. The first-order valence-corrected chi connectivity index (χ1v) is 8.13. The topological polar surface area (TPSA) is 64.1 Å². The smallest absolute Gasteiger partial charge is 0.262 e. The third-order valence-corrected chi connectivity index (χ3v) is 4.77. The van der Waals surface area contributed by atoms with Gasteiger partial charge in [0.25, 0.3) is 5.91 Å². The first kappa shape index (κ1) is 15.7. The van der Waals surface area contributed by atoms with Crippen LogP contribution in [0.2, 0.25) is 5.02 Å². The predicted molar refractivity (Wildman–Crippen MR) is 92.5 cm³/mol. The van der Waals surface area contributed by atoms with E-state index in [1.165, 1.54) is 6.33 Å². The van der Waals surface area contributed by atoms with Crippen molar-refractivity contribution in [2.75, 3.05) is 11.9 Å². The molecule has 0 unspecified atom stereocenters. The number of rotatable bonds is 4. The molecule has 1 aromatic carbocycles. The molecule has 23 heavy (non-hydrogen) atoms. The average molecular weight is 348 g/mol. The molecule has 118 valence electrons. The van der Waals surface area contributed by atoms with Crippen LogP contribution in [0.3, 0.4) is 0 Å². The second-order valence-electron chi connectivity index (χ2n) is 4.99. The van der Waals surface area contributed by atoms with E-state index in [9.17, 15) is 4.79 Å². The summed E-state index contributed by atoms with van der Waals surface area (Å²) in [5.74, 6) is 0.173. The zero-order chi connectivity index (χ0) is 16.4. The van der Waals surface area contributed by atoms with Crippen LogP contribution in [0, 0.1) is 13.8 Å². The van der Waals surface area contributed by atoms with Crippen molar-refractivity contribution < 1.29 is 9.53 Å². The second-order valence-corrected chi connectivity index (χ2v) is 6.63. The summed E-state index contributed by atoms with van der Waals surface area (Å²) in [4.78, 5) is 22.4. The molecule has 2 heterocycles. The van der Waals surface area contributed by atoms with Crippen LogP contribution in [0.25, 0.3) is 10.2 Å². The van der Waals surface area contributed by atoms with Gasteiger partial charge < -0.3 is 10.1 Å². The first-order valence-electron chi connectivity index (χ1n) is 6.93. The van der Waals surface area contributed by atoms with Gasteiger partial charge in [0.2, 0.25) is 5.88 Å². The lowest BCUT2D eigenvalue weighted by Crippen LogP contribution is -2.20. The van der Waals surface area contributed by atoms with Crippen LogP contribution < -0.4 is 10.1 Å². The molecule has 1 amide bonds. The Balaban J connectivity index is 1.71. The maximum Gasteiger partial charge on any atom is 0.262 e. The number of benzene rings is 1. The summed E-state index contributed by atoms with van der Waals surface area (Å²) in [6.45, 7) is 3.90. The number of carbonyl (C=O) groups excluding carboxylic acids is 1. The third-order valence-electron chi connectivity index (χ3n) is 3.40. The van der Waals surface area contributed by atoms with Crippen molar-refractivity contribution in [1.29, 1.82) is 0 Å². The zero-order valence-corrected chi connectivity index (χ0v) is 14.2. The maximum absolute atomic E-state index is 12.0. The molecule has 0 bridgehead atoms. The lowest BCUT2D eigenvalue weighted by Gasteiger charge is -2.08. The lowest BCUT2D eigenvalue weighted by molar-refractivity contribution is -0.118. The molecular weight excluding hydrogens is 334 g/mol. The monoisotopic (exact) mass is 347 g/mol. The molecule has 3 rings (SSSR count). The summed E-state index contributed by atoms with van der Waals surface area (Å²) in [6.07, 6.45) is 1.45. The summed E-state index contributed by atoms with van der Waals surface area (Å²) < 4.78 is 5.59. The van der Waals surface area contributed by atoms with E-state index in [0.717, 1.165) is 20.7 Å². The fraction of sp³-hybridized carbons (Fsp3) is 0.188. The Morgan fingerprint density at radius 2 is 2.00 bits per heavy atom. The average Bonchev–Trinajstić information content (AvgIpc) is 2.83. The van der Waals surface area contributed by atoms with E-state index in [1.807, 2.05) is 13.8 Å². The van der Waals surface area contributed by atoms with Gasteiger partial charge >= 0.3 is 0 Å². The molecule has 0 fully saturated rings. The van der Waals surface area contributed by atoms with Crippen LogP contribution in [0.1, 0.15) is 10.4 Å². The number of hydrogen-bond acceptors (Lipinski definition) is 5. The Bertz CT molecular complexity index is 862. The molecule has 0 aliphatic carbocycles. The van der Waals surface area contributed by atoms with Crippen LogP contribution in [-0.2, 0) is 4.79 Å². The van der Waals surface area contributed by atoms with Crippen molar-refractivity contribution in [3.05, 3.63) is 46.1 Å². The molecular formula is C16H14ClN3O2S. The fourth-order valence-electron chi connectivity index (χ4n) is 2.12. The van der Waals surface area contributed by atoms with Gasteiger partial charge in [0.05, 0.1) is 5.39 Å². The molecule has 0 saturated heterocycles. The highest BCUT2D eigenvalue weighted by molar-refractivity contribution is 7.18. The number of nitrogens with zero attached hydrogens (tertiary/aromatic N) is 2. The summed E-state index contributed by atoms with van der Waals surface area (Å²) in [6, 6.07) is 6.89. The molecule has 7 heteroatoms. The van der Waals surface area contributed by atoms with Crippen LogP contribution in [-0.4, -0.2) is 22.5 Å². The van der Waals surface area contributed by atoms with Crippen molar-refractivity contribution in [3.8, 4) is 5.88 Å². The third kappa shape index (κ3) is 3.43. The highest BCUT2D eigenvalue weighted by atomic mass is 35.5. The minimum absolute atomic E-state index is 0.122. The Kier molecular flexibility index (Phi) is 4.45. The largest absolute Gasteiger partial charge is 0.467 e. The summed E-state index contributed by atoms with van der Waals surface area (Å²) in [7, 11) is 0. The summed E-state index contributed by atoms with van der Waals surface area (Å²) in [5.41, 5.74) is 1.75. The second kappa shape index (κ2) is 6.52. The van der Waals surface area contributed by atoms with Gasteiger partial charge in [-0.1, -0.05) is 11.6 Å². The minimum Gasteiger partial charge on any atom is -0.467 e. The van der Waals surface area contributed by atoms with Gasteiger partial charge in [-0.25, -0.2) is 9.97 Å². The Hall–Kier alpha value is -2.18. The first-order chi connectivity index (χ1) is 11.0. The molecule has 0 aliphatic heterocycles. The molecule has 0 radical (unpaired) electrons. The van der Waals surface area contributed by atoms with Crippen LogP contribution >= 0.6 is 22.9 Å². The van der Waals surface area contributed by atoms with Gasteiger partial charge in [-0.3, -0.25) is 4.79 Å². The van der Waals surface area contributed by atoms with Crippen molar-refractivity contribution in [3.63, 3.8) is 0 Å². The number of thiophene rings is 1. The number of carbonyl (C=O) groups is 1. The van der Waals surface area contributed by atoms with Crippen LogP contribution in [0.4, 0.5) is 5.69 Å². The number of fused-ring (bicyclic) bond motifs is 1. The van der Waals surface area contributed by atoms with Gasteiger partial charge in [0.15, 0.2) is 6.61 Å². The molecule has 3 aromatic rings. The van der Waals surface area contributed by atoms with Crippen molar-refractivity contribution in [2.45, 2.75) is 13.8 Å². The van der Waals surface area contributed by atoms with Crippen molar-refractivity contribution in [1.82, 2.24) is 9.97 Å². The van der Waals surface area contributed by atoms with Gasteiger partial charge in [-0.15, -0.1) is 11.3 Å². The SMILES string of the molecule is Cc1sc2ncnc(OCC(=O)Nc3ccc(Cl)cc3)c2c1C. The van der Waals surface area contributed by atoms with Gasteiger partial charge in [0.1, 0.15) is 11.2 Å². The van der Waals surface area contributed by atoms with E-state index >= 15 is 0 Å². The Morgan fingerprint density at radius 3 is 2.74 bits per heavy atom. The number of aryl methyl sites for hydroxylation is 2. The molecule has 0 aliphatic rings. The van der Waals surface area contributed by atoms with E-state index < -0.39 is 0 Å². The number of halogens is 1. The fourth-order valence-corrected chi connectivity index (χ4v) is 3.24. The zero-order valence-electron chi connectivity index (χ0n) is 12.6. The standard InChI is InChI=1S/C16H14ClN3O2S/c1-9-10(2)23-16-14(9)15(18-8-19-16)22-7-13(21)20-12-5-3-11(17)4-6-12/h3-6,8H,7H2,1-2H3,(H,20,21). The number of amides is 1.